The lowest BCUT2D eigenvalue weighted by atomic mass is 10.1. The topological polar surface area (TPSA) is 50.2 Å². The molecule has 0 spiro atoms. The molecule has 0 aliphatic heterocycles. The quantitative estimate of drug-likeness (QED) is 0.760. The maximum atomic E-state index is 9.93. The van der Waals surface area contributed by atoms with Crippen LogP contribution < -0.4 is 0 Å². The number of carbonyl (C=O) groups is 1. The normalized spacial score (nSPS) is 10.9. The van der Waals surface area contributed by atoms with Gasteiger partial charge in [0.2, 0.25) is 0 Å². The second-order valence-corrected chi connectivity index (χ2v) is 2.67. The Balaban J connectivity index is 0.000000223. The fourth-order valence-electron chi connectivity index (χ4n) is 0.487. The van der Waals surface area contributed by atoms with Crippen molar-refractivity contribution in [2.24, 2.45) is 5.92 Å². The van der Waals surface area contributed by atoms with Crippen LogP contribution in [0.2, 0.25) is 0 Å². The number of hydrogen-bond acceptors (Lipinski definition) is 2. The van der Waals surface area contributed by atoms with Crippen molar-refractivity contribution in [3.05, 3.63) is 30.6 Å². The van der Waals surface area contributed by atoms with Gasteiger partial charge in [-0.15, -0.1) is 0 Å². The molecular formula is C10H15NO2. The Morgan fingerprint density at radius 3 is 2.00 bits per heavy atom. The minimum atomic E-state index is -0.706. The highest BCUT2D eigenvalue weighted by atomic mass is 16.4. The van der Waals surface area contributed by atoms with E-state index in [1.54, 1.807) is 19.3 Å². The molecule has 1 heterocycles. The van der Waals surface area contributed by atoms with Crippen LogP contribution in [-0.2, 0) is 4.79 Å². The molecule has 3 nitrogen and oxygen atoms in total. The first-order valence-electron chi connectivity index (χ1n) is 4.26. The highest BCUT2D eigenvalue weighted by Crippen LogP contribution is 1.97. The summed E-state index contributed by atoms with van der Waals surface area (Å²) in [6.45, 7) is 3.56. The van der Waals surface area contributed by atoms with Gasteiger partial charge in [0.15, 0.2) is 0 Å². The van der Waals surface area contributed by atoms with Crippen molar-refractivity contribution in [1.29, 1.82) is 0 Å². The second kappa shape index (κ2) is 7.28. The molecule has 3 heteroatoms. The molecule has 0 aromatic carbocycles. The average Bonchev–Trinajstić information content (AvgIpc) is 2.20. The summed E-state index contributed by atoms with van der Waals surface area (Å²) in [6.07, 6.45) is 4.22. The molecule has 1 aromatic heterocycles. The van der Waals surface area contributed by atoms with Gasteiger partial charge in [0, 0.05) is 12.4 Å². The number of carboxylic acids is 1. The van der Waals surface area contributed by atoms with Crippen LogP contribution in [0.1, 0.15) is 20.3 Å². The van der Waals surface area contributed by atoms with Gasteiger partial charge in [-0.3, -0.25) is 9.78 Å². The Morgan fingerprint density at radius 2 is 1.92 bits per heavy atom. The van der Waals surface area contributed by atoms with E-state index in [1.165, 1.54) is 0 Å². The van der Waals surface area contributed by atoms with E-state index < -0.39 is 5.97 Å². The van der Waals surface area contributed by atoms with Gasteiger partial charge >= 0.3 is 5.97 Å². The van der Waals surface area contributed by atoms with E-state index in [1.807, 2.05) is 25.1 Å². The molecule has 1 atom stereocenters. The van der Waals surface area contributed by atoms with Crippen molar-refractivity contribution in [1.82, 2.24) is 4.98 Å². The number of rotatable bonds is 2. The van der Waals surface area contributed by atoms with Gasteiger partial charge in [0.05, 0.1) is 5.92 Å². The number of aliphatic carboxylic acids is 1. The summed E-state index contributed by atoms with van der Waals surface area (Å²) in [5, 5.41) is 8.18. The Labute approximate surface area is 78.4 Å². The summed E-state index contributed by atoms with van der Waals surface area (Å²) in [7, 11) is 0. The van der Waals surface area contributed by atoms with Gasteiger partial charge in [0.1, 0.15) is 0 Å². The van der Waals surface area contributed by atoms with Crippen molar-refractivity contribution in [3.63, 3.8) is 0 Å². The summed E-state index contributed by atoms with van der Waals surface area (Å²) < 4.78 is 0. The molecule has 0 aliphatic carbocycles. The zero-order valence-electron chi connectivity index (χ0n) is 7.97. The summed E-state index contributed by atoms with van der Waals surface area (Å²) >= 11 is 0. The molecule has 1 N–H and O–H groups in total. The summed E-state index contributed by atoms with van der Waals surface area (Å²) in [6, 6.07) is 5.72. The second-order valence-electron chi connectivity index (χ2n) is 2.67. The van der Waals surface area contributed by atoms with Crippen molar-refractivity contribution < 1.29 is 9.90 Å². The highest BCUT2D eigenvalue weighted by Gasteiger charge is 2.05. The predicted molar refractivity (Wildman–Crippen MR) is 51.3 cm³/mol. The molecule has 0 radical (unpaired) electrons. The lowest BCUT2D eigenvalue weighted by Crippen LogP contribution is -2.06. The van der Waals surface area contributed by atoms with E-state index >= 15 is 0 Å². The molecule has 0 fully saturated rings. The van der Waals surface area contributed by atoms with E-state index in [0.717, 1.165) is 6.42 Å². The zero-order chi connectivity index (χ0) is 10.1. The molecule has 1 rings (SSSR count). The number of hydrogen-bond donors (Lipinski definition) is 1. The number of nitrogens with zero attached hydrogens (tertiary/aromatic N) is 1. The molecule has 0 amide bonds. The van der Waals surface area contributed by atoms with Crippen molar-refractivity contribution in [2.45, 2.75) is 20.3 Å². The molecule has 0 bridgehead atoms. The molecule has 13 heavy (non-hydrogen) atoms. The first-order valence-corrected chi connectivity index (χ1v) is 4.26. The van der Waals surface area contributed by atoms with Gasteiger partial charge in [0.25, 0.3) is 0 Å². The fraction of sp³-hybridized carbons (Fsp3) is 0.400. The lowest BCUT2D eigenvalue weighted by molar-refractivity contribution is -0.141. The van der Waals surface area contributed by atoms with E-state index in [-0.39, 0.29) is 5.92 Å². The maximum absolute atomic E-state index is 9.93. The third-order valence-electron chi connectivity index (χ3n) is 1.60. The number of aromatic nitrogens is 1. The molecule has 1 aromatic rings. The molecule has 72 valence electrons. The third-order valence-corrected chi connectivity index (χ3v) is 1.60. The molecular weight excluding hydrogens is 166 g/mol. The zero-order valence-corrected chi connectivity index (χ0v) is 7.97. The summed E-state index contributed by atoms with van der Waals surface area (Å²) in [5.74, 6) is -0.887. The highest BCUT2D eigenvalue weighted by molar-refractivity contribution is 5.69. The average molecular weight is 181 g/mol. The standard InChI is InChI=1S/C5H5N.C5H10O2/c1-2-4-6-5-3-1;1-3-4(2)5(6)7/h1-5H;4H,3H2,1-2H3,(H,6,7). The van der Waals surface area contributed by atoms with Crippen LogP contribution in [0, 0.1) is 5.92 Å². The van der Waals surface area contributed by atoms with Crippen LogP contribution in [0.3, 0.4) is 0 Å². The smallest absolute Gasteiger partial charge is 0.306 e. The van der Waals surface area contributed by atoms with Crippen molar-refractivity contribution >= 4 is 5.97 Å². The van der Waals surface area contributed by atoms with E-state index in [2.05, 4.69) is 4.98 Å². The maximum Gasteiger partial charge on any atom is 0.306 e. The number of pyridine rings is 1. The Hall–Kier alpha value is -1.38. The molecule has 0 saturated carbocycles. The van der Waals surface area contributed by atoms with E-state index in [4.69, 9.17) is 5.11 Å². The minimum absolute atomic E-state index is 0.181. The Kier molecular flexibility index (Phi) is 6.51. The first kappa shape index (κ1) is 11.6. The SMILES string of the molecule is CCC(C)C(=O)O.c1ccncc1. The van der Waals surface area contributed by atoms with Crippen molar-refractivity contribution in [2.75, 3.05) is 0 Å². The van der Waals surface area contributed by atoms with Gasteiger partial charge in [-0.1, -0.05) is 19.9 Å². The monoisotopic (exact) mass is 181 g/mol. The van der Waals surface area contributed by atoms with Gasteiger partial charge in [-0.05, 0) is 18.6 Å². The van der Waals surface area contributed by atoms with Crippen LogP contribution >= 0.6 is 0 Å². The summed E-state index contributed by atoms with van der Waals surface area (Å²) in [5.41, 5.74) is 0. The van der Waals surface area contributed by atoms with E-state index in [9.17, 15) is 4.79 Å². The minimum Gasteiger partial charge on any atom is -0.481 e. The van der Waals surface area contributed by atoms with Crippen molar-refractivity contribution in [3.8, 4) is 0 Å². The first-order chi connectivity index (χ1) is 6.18. The molecule has 1 unspecified atom stereocenters. The van der Waals surface area contributed by atoms with Gasteiger partial charge < -0.3 is 5.11 Å². The Bertz CT molecular complexity index is 197. The van der Waals surface area contributed by atoms with Crippen LogP contribution in [0.25, 0.3) is 0 Å². The number of carboxylic acid groups (broad SMARTS) is 1. The van der Waals surface area contributed by atoms with Gasteiger partial charge in [-0.25, -0.2) is 0 Å². The van der Waals surface area contributed by atoms with Gasteiger partial charge in [-0.2, -0.15) is 0 Å². The molecule has 0 saturated heterocycles. The van der Waals surface area contributed by atoms with E-state index in [0.29, 0.717) is 0 Å². The summed E-state index contributed by atoms with van der Waals surface area (Å²) in [4.78, 5) is 13.7. The third kappa shape index (κ3) is 7.00. The van der Waals surface area contributed by atoms with Crippen LogP contribution in [0.5, 0.6) is 0 Å². The lowest BCUT2D eigenvalue weighted by Gasteiger charge is -1.96. The Morgan fingerprint density at radius 1 is 1.38 bits per heavy atom. The largest absolute Gasteiger partial charge is 0.481 e. The van der Waals surface area contributed by atoms with Crippen LogP contribution in [-0.4, -0.2) is 16.1 Å². The van der Waals surface area contributed by atoms with Crippen LogP contribution in [0.4, 0.5) is 0 Å². The predicted octanol–water partition coefficient (Wildman–Crippen LogP) is 2.20. The van der Waals surface area contributed by atoms with Crippen LogP contribution in [0.15, 0.2) is 30.6 Å². The fourth-order valence-corrected chi connectivity index (χ4v) is 0.487. The molecule has 0 aliphatic rings.